The Labute approximate surface area is 109 Å². The fourth-order valence-electron chi connectivity index (χ4n) is 1.50. The Morgan fingerprint density at radius 1 is 1.22 bits per heavy atom. The van der Waals surface area contributed by atoms with Gasteiger partial charge in [0.2, 0.25) is 10.0 Å². The van der Waals surface area contributed by atoms with Gasteiger partial charge < -0.3 is 5.11 Å². The molecule has 0 fully saturated rings. The Bertz CT molecular complexity index is 468. The quantitative estimate of drug-likeness (QED) is 0.847. The van der Waals surface area contributed by atoms with E-state index in [0.717, 1.165) is 5.56 Å². The lowest BCUT2D eigenvalue weighted by Gasteiger charge is -2.32. The first-order valence-corrected chi connectivity index (χ1v) is 7.52. The number of aliphatic hydroxyl groups excluding tert-OH is 1. The van der Waals surface area contributed by atoms with Gasteiger partial charge in [0.05, 0.1) is 17.9 Å². The summed E-state index contributed by atoms with van der Waals surface area (Å²) in [5.41, 5.74) is 0.228. The molecule has 0 bridgehead atoms. The maximum absolute atomic E-state index is 12.1. The molecule has 102 valence electrons. The molecule has 0 amide bonds. The van der Waals surface area contributed by atoms with Gasteiger partial charge in [-0.25, -0.2) is 8.42 Å². The topological polar surface area (TPSA) is 57.6 Å². The van der Waals surface area contributed by atoms with Gasteiger partial charge in [-0.3, -0.25) is 0 Å². The largest absolute Gasteiger partial charge is 0.394 e. The van der Waals surface area contributed by atoms with Gasteiger partial charge in [-0.2, -0.15) is 4.31 Å². The molecule has 0 radical (unpaired) electrons. The van der Waals surface area contributed by atoms with Gasteiger partial charge in [-0.05, 0) is 25.8 Å². The molecule has 1 rings (SSSR count). The summed E-state index contributed by atoms with van der Waals surface area (Å²) in [5, 5.41) is 9.21. The second-order valence-corrected chi connectivity index (χ2v) is 7.11. The maximum atomic E-state index is 12.1. The summed E-state index contributed by atoms with van der Waals surface area (Å²) >= 11 is 0. The molecule has 0 aliphatic heterocycles. The van der Waals surface area contributed by atoms with Crippen LogP contribution in [-0.2, 0) is 16.4 Å². The van der Waals surface area contributed by atoms with E-state index >= 15 is 0 Å². The number of aliphatic hydroxyl groups is 1. The van der Waals surface area contributed by atoms with Crippen LogP contribution in [0.15, 0.2) is 30.3 Å². The van der Waals surface area contributed by atoms with E-state index in [1.54, 1.807) is 13.8 Å². The van der Waals surface area contributed by atoms with Crippen LogP contribution >= 0.6 is 0 Å². The summed E-state index contributed by atoms with van der Waals surface area (Å²) in [4.78, 5) is 0. The summed E-state index contributed by atoms with van der Waals surface area (Å²) in [6.45, 7) is 3.20. The first-order valence-electron chi connectivity index (χ1n) is 5.91. The van der Waals surface area contributed by atoms with Crippen molar-refractivity contribution >= 4 is 10.0 Å². The highest BCUT2D eigenvalue weighted by Gasteiger charge is 2.31. The van der Waals surface area contributed by atoms with Crippen LogP contribution in [0.5, 0.6) is 0 Å². The molecule has 0 aromatic heterocycles. The Morgan fingerprint density at radius 2 is 1.78 bits per heavy atom. The minimum absolute atomic E-state index is 0.0525. The van der Waals surface area contributed by atoms with Crippen LogP contribution in [-0.4, -0.2) is 42.8 Å². The normalized spacial score (nSPS) is 12.9. The molecule has 0 unspecified atom stereocenters. The van der Waals surface area contributed by atoms with Crippen LogP contribution in [0.3, 0.4) is 0 Å². The van der Waals surface area contributed by atoms with Crippen molar-refractivity contribution in [1.29, 1.82) is 0 Å². The van der Waals surface area contributed by atoms with Crippen molar-refractivity contribution in [2.24, 2.45) is 0 Å². The molecule has 4 nitrogen and oxygen atoms in total. The molecule has 1 N–H and O–H groups in total. The Balaban J connectivity index is 2.71. The van der Waals surface area contributed by atoms with Gasteiger partial charge >= 0.3 is 0 Å². The molecule has 0 aliphatic rings. The standard InChI is InChI=1S/C13H21NO3S/c1-13(2,11-15)14(3)18(16,17)10-9-12-7-5-4-6-8-12/h4-8,15H,9-11H2,1-3H3. The van der Waals surface area contributed by atoms with Gasteiger partial charge in [0.25, 0.3) is 0 Å². The number of likely N-dealkylation sites (N-methyl/N-ethyl adjacent to an activating group) is 1. The summed E-state index contributed by atoms with van der Waals surface area (Å²) < 4.78 is 25.5. The lowest BCUT2D eigenvalue weighted by molar-refractivity contribution is 0.138. The Kier molecular flexibility index (Phi) is 4.90. The van der Waals surface area contributed by atoms with Gasteiger partial charge in [-0.15, -0.1) is 0 Å². The van der Waals surface area contributed by atoms with Crippen molar-refractivity contribution in [3.05, 3.63) is 35.9 Å². The third-order valence-electron chi connectivity index (χ3n) is 3.15. The van der Waals surface area contributed by atoms with Gasteiger partial charge in [0.15, 0.2) is 0 Å². The number of aryl methyl sites for hydroxylation is 1. The van der Waals surface area contributed by atoms with Gasteiger partial charge in [0, 0.05) is 7.05 Å². The number of nitrogens with zero attached hydrogens (tertiary/aromatic N) is 1. The van der Waals surface area contributed by atoms with E-state index in [-0.39, 0.29) is 12.4 Å². The van der Waals surface area contributed by atoms with Crippen molar-refractivity contribution in [3.63, 3.8) is 0 Å². The number of hydrogen-bond acceptors (Lipinski definition) is 3. The minimum Gasteiger partial charge on any atom is -0.394 e. The van der Waals surface area contributed by atoms with Gasteiger partial charge in [0.1, 0.15) is 0 Å². The summed E-state index contributed by atoms with van der Waals surface area (Å²) in [6.07, 6.45) is 0.481. The van der Waals surface area contributed by atoms with Crippen LogP contribution < -0.4 is 0 Å². The van der Waals surface area contributed by atoms with Crippen molar-refractivity contribution in [3.8, 4) is 0 Å². The second-order valence-electron chi connectivity index (χ2n) is 4.99. The molecule has 0 saturated carbocycles. The summed E-state index contributed by atoms with van der Waals surface area (Å²) in [7, 11) is -1.84. The number of rotatable bonds is 6. The van der Waals surface area contributed by atoms with Crippen molar-refractivity contribution in [2.75, 3.05) is 19.4 Å². The van der Waals surface area contributed by atoms with Crippen LogP contribution in [0, 0.1) is 0 Å². The number of hydrogen-bond donors (Lipinski definition) is 1. The molecule has 0 saturated heterocycles. The average molecular weight is 271 g/mol. The fraction of sp³-hybridized carbons (Fsp3) is 0.538. The smallest absolute Gasteiger partial charge is 0.214 e. The Morgan fingerprint density at radius 3 is 2.28 bits per heavy atom. The van der Waals surface area contributed by atoms with Gasteiger partial charge in [-0.1, -0.05) is 30.3 Å². The lowest BCUT2D eigenvalue weighted by atomic mass is 10.1. The molecule has 0 atom stereocenters. The van der Waals surface area contributed by atoms with E-state index in [1.807, 2.05) is 30.3 Å². The zero-order valence-electron chi connectivity index (χ0n) is 11.1. The molecule has 5 heteroatoms. The van der Waals surface area contributed by atoms with E-state index in [2.05, 4.69) is 0 Å². The van der Waals surface area contributed by atoms with Crippen molar-refractivity contribution < 1.29 is 13.5 Å². The monoisotopic (exact) mass is 271 g/mol. The van der Waals surface area contributed by atoms with Crippen LogP contribution in [0.1, 0.15) is 19.4 Å². The van der Waals surface area contributed by atoms with E-state index in [1.165, 1.54) is 11.4 Å². The highest BCUT2D eigenvalue weighted by molar-refractivity contribution is 7.89. The molecular formula is C13H21NO3S. The van der Waals surface area contributed by atoms with E-state index in [0.29, 0.717) is 6.42 Å². The third kappa shape index (κ3) is 3.80. The zero-order chi connectivity index (χ0) is 13.8. The number of sulfonamides is 1. The zero-order valence-corrected chi connectivity index (χ0v) is 11.9. The molecule has 1 aromatic rings. The second kappa shape index (κ2) is 5.82. The lowest BCUT2D eigenvalue weighted by Crippen LogP contribution is -2.48. The fourth-order valence-corrected chi connectivity index (χ4v) is 3.08. The van der Waals surface area contributed by atoms with E-state index in [9.17, 15) is 13.5 Å². The molecule has 0 spiro atoms. The Hall–Kier alpha value is -0.910. The summed E-state index contributed by atoms with van der Waals surface area (Å²) in [5.74, 6) is 0.0525. The molecule has 0 heterocycles. The van der Waals surface area contributed by atoms with Crippen molar-refractivity contribution in [1.82, 2.24) is 4.31 Å². The number of benzene rings is 1. The minimum atomic E-state index is -3.35. The third-order valence-corrected chi connectivity index (χ3v) is 5.20. The predicted octanol–water partition coefficient (Wildman–Crippen LogP) is 1.26. The summed E-state index contributed by atoms with van der Waals surface area (Å²) in [6, 6.07) is 9.51. The SMILES string of the molecule is CN(C(C)(C)CO)S(=O)(=O)CCc1ccccc1. The molecular weight excluding hydrogens is 250 g/mol. The molecule has 1 aromatic carbocycles. The average Bonchev–Trinajstić information content (AvgIpc) is 2.37. The van der Waals surface area contributed by atoms with Crippen LogP contribution in [0.4, 0.5) is 0 Å². The highest BCUT2D eigenvalue weighted by Crippen LogP contribution is 2.17. The predicted molar refractivity (Wildman–Crippen MR) is 72.9 cm³/mol. The molecule has 18 heavy (non-hydrogen) atoms. The van der Waals surface area contributed by atoms with Crippen LogP contribution in [0.25, 0.3) is 0 Å². The molecule has 0 aliphatic carbocycles. The first-order chi connectivity index (χ1) is 8.29. The maximum Gasteiger partial charge on any atom is 0.214 e. The van der Waals surface area contributed by atoms with Crippen LogP contribution in [0.2, 0.25) is 0 Å². The van der Waals surface area contributed by atoms with Crippen molar-refractivity contribution in [2.45, 2.75) is 25.8 Å². The van der Waals surface area contributed by atoms with E-state index < -0.39 is 15.6 Å². The highest BCUT2D eigenvalue weighted by atomic mass is 32.2. The van der Waals surface area contributed by atoms with E-state index in [4.69, 9.17) is 0 Å². The first kappa shape index (κ1) is 15.1.